The Bertz CT molecular complexity index is 346. The van der Waals surface area contributed by atoms with Crippen LogP contribution in [0.2, 0.25) is 0 Å². The zero-order chi connectivity index (χ0) is 11.4. The molecule has 0 aromatic carbocycles. The van der Waals surface area contributed by atoms with Crippen LogP contribution in [-0.4, -0.2) is 22.5 Å². The van der Waals surface area contributed by atoms with E-state index in [9.17, 15) is 4.39 Å². The molecule has 1 N–H and O–H groups in total. The molecule has 1 saturated carbocycles. The van der Waals surface area contributed by atoms with E-state index in [1.807, 2.05) is 17.8 Å². The predicted molar refractivity (Wildman–Crippen MR) is 67.4 cm³/mol. The summed E-state index contributed by atoms with van der Waals surface area (Å²) in [5.41, 5.74) is 0.846. The number of aromatic nitrogens is 1. The van der Waals surface area contributed by atoms with E-state index < -0.39 is 5.95 Å². The van der Waals surface area contributed by atoms with Crippen molar-refractivity contribution in [1.29, 1.82) is 0 Å². The van der Waals surface area contributed by atoms with Gasteiger partial charge in [0.25, 0.3) is 0 Å². The highest BCUT2D eigenvalue weighted by atomic mass is 32.2. The average Bonchev–Trinajstić information content (AvgIpc) is 2.30. The second-order valence-corrected chi connectivity index (χ2v) is 5.25. The molecular formula is C12H17FN2S. The Labute approximate surface area is 100 Å². The monoisotopic (exact) mass is 240 g/mol. The number of halogens is 1. The van der Waals surface area contributed by atoms with Crippen LogP contribution in [-0.2, 0) is 0 Å². The van der Waals surface area contributed by atoms with Crippen molar-refractivity contribution in [2.45, 2.75) is 37.0 Å². The van der Waals surface area contributed by atoms with Crippen molar-refractivity contribution < 1.29 is 4.39 Å². The third-order valence-electron chi connectivity index (χ3n) is 3.08. The van der Waals surface area contributed by atoms with Gasteiger partial charge >= 0.3 is 0 Å². The van der Waals surface area contributed by atoms with Gasteiger partial charge in [0, 0.05) is 29.2 Å². The van der Waals surface area contributed by atoms with Crippen LogP contribution in [0.1, 0.15) is 25.7 Å². The van der Waals surface area contributed by atoms with Crippen LogP contribution in [0.3, 0.4) is 0 Å². The Morgan fingerprint density at radius 2 is 2.25 bits per heavy atom. The maximum Gasteiger partial charge on any atom is 0.214 e. The third kappa shape index (κ3) is 2.88. The molecule has 16 heavy (non-hydrogen) atoms. The minimum atomic E-state index is -0.415. The van der Waals surface area contributed by atoms with E-state index >= 15 is 0 Å². The second-order valence-electron chi connectivity index (χ2n) is 4.18. The smallest absolute Gasteiger partial charge is 0.214 e. The number of thioether (sulfide) groups is 1. The van der Waals surface area contributed by atoms with Crippen LogP contribution in [0.15, 0.2) is 18.3 Å². The molecule has 0 saturated heterocycles. The zero-order valence-electron chi connectivity index (χ0n) is 9.45. The normalized spacial score (nSPS) is 25.4. The molecule has 2 unspecified atom stereocenters. The SMILES string of the molecule is CSC1CCCCC1Nc1ccnc(F)c1. The molecule has 2 nitrogen and oxygen atoms in total. The summed E-state index contributed by atoms with van der Waals surface area (Å²) in [6, 6.07) is 3.76. The number of rotatable bonds is 3. The summed E-state index contributed by atoms with van der Waals surface area (Å²) in [5, 5.41) is 4.07. The molecule has 0 amide bonds. The molecule has 2 atom stereocenters. The van der Waals surface area contributed by atoms with Gasteiger partial charge in [0.15, 0.2) is 0 Å². The summed E-state index contributed by atoms with van der Waals surface area (Å²) < 4.78 is 12.9. The Balaban J connectivity index is 2.02. The maximum atomic E-state index is 12.9. The van der Waals surface area contributed by atoms with Gasteiger partial charge in [-0.15, -0.1) is 0 Å². The maximum absolute atomic E-state index is 12.9. The van der Waals surface area contributed by atoms with Gasteiger partial charge in [-0.1, -0.05) is 12.8 Å². The van der Waals surface area contributed by atoms with E-state index in [1.54, 1.807) is 0 Å². The summed E-state index contributed by atoms with van der Waals surface area (Å²) in [7, 11) is 0. The number of anilines is 1. The van der Waals surface area contributed by atoms with Crippen LogP contribution in [0, 0.1) is 5.95 Å². The lowest BCUT2D eigenvalue weighted by Gasteiger charge is -2.31. The number of nitrogens with zero attached hydrogens (tertiary/aromatic N) is 1. The van der Waals surface area contributed by atoms with E-state index in [0.717, 1.165) is 5.69 Å². The van der Waals surface area contributed by atoms with Crippen molar-refractivity contribution in [3.63, 3.8) is 0 Å². The van der Waals surface area contributed by atoms with Gasteiger partial charge in [-0.25, -0.2) is 4.98 Å². The van der Waals surface area contributed by atoms with E-state index in [0.29, 0.717) is 11.3 Å². The molecule has 2 rings (SSSR count). The number of pyridine rings is 1. The fourth-order valence-electron chi connectivity index (χ4n) is 2.25. The van der Waals surface area contributed by atoms with Crippen LogP contribution in [0.4, 0.5) is 10.1 Å². The lowest BCUT2D eigenvalue weighted by Crippen LogP contribution is -2.34. The van der Waals surface area contributed by atoms with Crippen molar-refractivity contribution >= 4 is 17.4 Å². The molecule has 1 aliphatic carbocycles. The molecule has 1 aromatic heterocycles. The minimum absolute atomic E-state index is 0.415. The first-order chi connectivity index (χ1) is 7.79. The van der Waals surface area contributed by atoms with Gasteiger partial charge in [0.1, 0.15) is 0 Å². The second kappa shape index (κ2) is 5.53. The Morgan fingerprint density at radius 3 is 3.00 bits per heavy atom. The average molecular weight is 240 g/mol. The lowest BCUT2D eigenvalue weighted by atomic mass is 9.94. The summed E-state index contributed by atoms with van der Waals surface area (Å²) in [5.74, 6) is -0.415. The molecule has 0 radical (unpaired) electrons. The first kappa shape index (κ1) is 11.7. The Hall–Kier alpha value is -0.770. The van der Waals surface area contributed by atoms with Crippen molar-refractivity contribution in [2.24, 2.45) is 0 Å². The number of nitrogens with one attached hydrogen (secondary N) is 1. The van der Waals surface area contributed by atoms with Crippen molar-refractivity contribution in [1.82, 2.24) is 4.98 Å². The first-order valence-electron chi connectivity index (χ1n) is 5.70. The van der Waals surface area contributed by atoms with Crippen molar-refractivity contribution in [2.75, 3.05) is 11.6 Å². The van der Waals surface area contributed by atoms with Gasteiger partial charge in [0.2, 0.25) is 5.95 Å². The van der Waals surface area contributed by atoms with Gasteiger partial charge in [-0.2, -0.15) is 16.2 Å². The van der Waals surface area contributed by atoms with Gasteiger partial charge in [-0.05, 0) is 25.2 Å². The molecule has 88 valence electrons. The molecule has 1 aliphatic rings. The lowest BCUT2D eigenvalue weighted by molar-refractivity contribution is 0.474. The third-order valence-corrected chi connectivity index (χ3v) is 4.25. The molecule has 4 heteroatoms. The number of hydrogen-bond donors (Lipinski definition) is 1. The van der Waals surface area contributed by atoms with Gasteiger partial charge in [-0.3, -0.25) is 0 Å². The topological polar surface area (TPSA) is 24.9 Å². The van der Waals surface area contributed by atoms with Gasteiger partial charge < -0.3 is 5.32 Å². The van der Waals surface area contributed by atoms with Crippen LogP contribution >= 0.6 is 11.8 Å². The van der Waals surface area contributed by atoms with Crippen molar-refractivity contribution in [3.05, 3.63) is 24.3 Å². The molecule has 1 fully saturated rings. The standard InChI is InChI=1S/C12H17FN2S/c1-16-11-5-3-2-4-10(11)15-9-6-7-14-12(13)8-9/h6-8,10-11H,2-5H2,1H3,(H,14,15). The quantitative estimate of drug-likeness (QED) is 0.820. The van der Waals surface area contributed by atoms with Gasteiger partial charge in [0.05, 0.1) is 0 Å². The molecule has 0 aliphatic heterocycles. The summed E-state index contributed by atoms with van der Waals surface area (Å²) in [6.45, 7) is 0. The first-order valence-corrected chi connectivity index (χ1v) is 6.99. The zero-order valence-corrected chi connectivity index (χ0v) is 10.3. The Kier molecular flexibility index (Phi) is 4.04. The summed E-state index contributed by atoms with van der Waals surface area (Å²) in [6.07, 6.45) is 8.67. The van der Waals surface area contributed by atoms with E-state index in [1.165, 1.54) is 37.9 Å². The largest absolute Gasteiger partial charge is 0.381 e. The fourth-order valence-corrected chi connectivity index (χ4v) is 3.19. The highest BCUT2D eigenvalue weighted by Crippen LogP contribution is 2.29. The van der Waals surface area contributed by atoms with Crippen molar-refractivity contribution in [3.8, 4) is 0 Å². The molecular weight excluding hydrogens is 223 g/mol. The molecule has 1 aromatic rings. The summed E-state index contributed by atoms with van der Waals surface area (Å²) >= 11 is 1.91. The Morgan fingerprint density at radius 1 is 1.44 bits per heavy atom. The van der Waals surface area contributed by atoms with Crippen LogP contribution in [0.25, 0.3) is 0 Å². The summed E-state index contributed by atoms with van der Waals surface area (Å²) in [4.78, 5) is 3.56. The van der Waals surface area contributed by atoms with E-state index in [4.69, 9.17) is 0 Å². The van der Waals surface area contributed by atoms with E-state index in [-0.39, 0.29) is 0 Å². The molecule has 1 heterocycles. The predicted octanol–water partition coefficient (Wildman–Crippen LogP) is 3.31. The van der Waals surface area contributed by atoms with Crippen LogP contribution in [0.5, 0.6) is 0 Å². The highest BCUT2D eigenvalue weighted by molar-refractivity contribution is 7.99. The van der Waals surface area contributed by atoms with E-state index in [2.05, 4.69) is 16.6 Å². The molecule has 0 spiro atoms. The fraction of sp³-hybridized carbons (Fsp3) is 0.583. The molecule has 0 bridgehead atoms. The minimum Gasteiger partial charge on any atom is -0.381 e. The van der Waals surface area contributed by atoms with Crippen LogP contribution < -0.4 is 5.32 Å². The number of hydrogen-bond acceptors (Lipinski definition) is 3. The highest BCUT2D eigenvalue weighted by Gasteiger charge is 2.23.